The van der Waals surface area contributed by atoms with E-state index in [0.717, 1.165) is 38.0 Å². The molecular formula is C14H22N6O2S. The van der Waals surface area contributed by atoms with Gasteiger partial charge in [0.2, 0.25) is 0 Å². The molecule has 1 aliphatic heterocycles. The molecule has 0 spiro atoms. The van der Waals surface area contributed by atoms with Crippen LogP contribution in [0.4, 0.5) is 5.82 Å². The van der Waals surface area contributed by atoms with Gasteiger partial charge in [-0.1, -0.05) is 13.3 Å². The molecule has 1 saturated heterocycles. The number of anilines is 1. The van der Waals surface area contributed by atoms with Crippen molar-refractivity contribution in [3.63, 3.8) is 0 Å². The van der Waals surface area contributed by atoms with Crippen molar-refractivity contribution in [3.05, 3.63) is 23.7 Å². The number of sulfonamides is 1. The van der Waals surface area contributed by atoms with Crippen molar-refractivity contribution in [2.75, 3.05) is 17.8 Å². The summed E-state index contributed by atoms with van der Waals surface area (Å²) in [5.41, 5.74) is 1.39. The Bertz CT molecular complexity index is 775. The van der Waals surface area contributed by atoms with Gasteiger partial charge in [0.15, 0.2) is 0 Å². The molecule has 126 valence electrons. The smallest absolute Gasteiger partial charge is 0.266 e. The lowest BCUT2D eigenvalue weighted by Crippen LogP contribution is -2.40. The highest BCUT2D eigenvalue weighted by Crippen LogP contribution is 2.27. The molecule has 0 aliphatic carbocycles. The Morgan fingerprint density at radius 2 is 2.22 bits per heavy atom. The zero-order valence-electron chi connectivity index (χ0n) is 13.3. The van der Waals surface area contributed by atoms with Gasteiger partial charge in [-0.25, -0.2) is 8.42 Å². The second kappa shape index (κ2) is 6.32. The minimum Gasteiger partial charge on any atom is -0.315 e. The molecule has 23 heavy (non-hydrogen) atoms. The van der Waals surface area contributed by atoms with E-state index in [1.165, 1.54) is 0 Å². The Balaban J connectivity index is 1.82. The van der Waals surface area contributed by atoms with Crippen molar-refractivity contribution >= 4 is 15.8 Å². The maximum absolute atomic E-state index is 12.7. The fourth-order valence-corrected chi connectivity index (χ4v) is 3.82. The third kappa shape index (κ3) is 3.25. The van der Waals surface area contributed by atoms with Gasteiger partial charge < -0.3 is 5.32 Å². The third-order valence-corrected chi connectivity index (χ3v) is 5.51. The average Bonchev–Trinajstić information content (AvgIpc) is 3.02. The summed E-state index contributed by atoms with van der Waals surface area (Å²) in [6.07, 6.45) is 5.27. The van der Waals surface area contributed by atoms with Crippen molar-refractivity contribution in [2.45, 2.75) is 44.0 Å². The number of H-pyrrole nitrogens is 1. The Morgan fingerprint density at radius 3 is 2.87 bits per heavy atom. The molecule has 0 amide bonds. The van der Waals surface area contributed by atoms with E-state index in [1.807, 2.05) is 0 Å². The van der Waals surface area contributed by atoms with E-state index in [-0.39, 0.29) is 4.90 Å². The highest BCUT2D eigenvalue weighted by Gasteiger charge is 2.27. The van der Waals surface area contributed by atoms with Crippen LogP contribution in [-0.4, -0.2) is 41.5 Å². The van der Waals surface area contributed by atoms with Gasteiger partial charge in [-0.15, -0.1) is 0 Å². The summed E-state index contributed by atoms with van der Waals surface area (Å²) in [6, 6.07) is 0. The first-order valence-corrected chi connectivity index (χ1v) is 9.30. The molecule has 0 bridgehead atoms. The second-order valence-electron chi connectivity index (χ2n) is 5.86. The van der Waals surface area contributed by atoms with Crippen LogP contribution >= 0.6 is 0 Å². The van der Waals surface area contributed by atoms with Crippen LogP contribution in [0.1, 0.15) is 36.9 Å². The Kier molecular flexibility index (Phi) is 4.40. The fourth-order valence-electron chi connectivity index (χ4n) is 2.58. The lowest BCUT2D eigenvalue weighted by atomic mass is 9.96. The van der Waals surface area contributed by atoms with Crippen LogP contribution in [0, 0.1) is 6.92 Å². The van der Waals surface area contributed by atoms with E-state index in [9.17, 15) is 8.42 Å². The van der Waals surface area contributed by atoms with Gasteiger partial charge in [0.05, 0.1) is 11.9 Å². The summed E-state index contributed by atoms with van der Waals surface area (Å²) >= 11 is 0. The van der Waals surface area contributed by atoms with Crippen molar-refractivity contribution < 1.29 is 8.42 Å². The van der Waals surface area contributed by atoms with Crippen molar-refractivity contribution in [1.29, 1.82) is 0 Å². The summed E-state index contributed by atoms with van der Waals surface area (Å²) in [5.74, 6) is 0.733. The molecule has 0 aromatic carbocycles. The lowest BCUT2D eigenvalue weighted by Gasteiger charge is -2.26. The number of aromatic amines is 1. The number of aryl methyl sites for hydroxylation is 2. The van der Waals surface area contributed by atoms with Gasteiger partial charge in [-0.05, 0) is 13.3 Å². The van der Waals surface area contributed by atoms with Gasteiger partial charge in [0.1, 0.15) is 10.7 Å². The molecule has 9 heteroatoms. The number of hydrogen-bond donors (Lipinski definition) is 3. The number of unbranched alkanes of at least 4 members (excludes halogenated alkanes) is 1. The standard InChI is InChI=1S/C14H22N6O2S/c1-3-4-5-20-9-13(10(2)18-20)23(21,22)19-14-12(8-16-17-14)11-6-15-7-11/h8-9,11,15H,3-7H2,1-2H3,(H2,16,17,19). The summed E-state index contributed by atoms with van der Waals surface area (Å²) in [4.78, 5) is 0.209. The van der Waals surface area contributed by atoms with E-state index in [2.05, 4.69) is 32.3 Å². The lowest BCUT2D eigenvalue weighted by molar-refractivity contribution is 0.449. The van der Waals surface area contributed by atoms with Crippen LogP contribution in [0.5, 0.6) is 0 Å². The van der Waals surface area contributed by atoms with Crippen LogP contribution < -0.4 is 10.0 Å². The minimum atomic E-state index is -3.68. The molecule has 2 aromatic heterocycles. The maximum atomic E-state index is 12.7. The average molecular weight is 338 g/mol. The minimum absolute atomic E-state index is 0.209. The zero-order valence-corrected chi connectivity index (χ0v) is 14.2. The van der Waals surface area contributed by atoms with Crippen LogP contribution in [0.15, 0.2) is 17.3 Å². The monoisotopic (exact) mass is 338 g/mol. The number of rotatable bonds is 7. The predicted molar refractivity (Wildman–Crippen MR) is 86.9 cm³/mol. The van der Waals surface area contributed by atoms with Gasteiger partial charge >= 0.3 is 0 Å². The highest BCUT2D eigenvalue weighted by atomic mass is 32.2. The third-order valence-electron chi connectivity index (χ3n) is 4.06. The molecular weight excluding hydrogens is 316 g/mol. The van der Waals surface area contributed by atoms with Gasteiger partial charge in [0.25, 0.3) is 10.0 Å². The highest BCUT2D eigenvalue weighted by molar-refractivity contribution is 7.92. The topological polar surface area (TPSA) is 105 Å². The van der Waals surface area contributed by atoms with Gasteiger partial charge in [0, 0.05) is 37.3 Å². The quantitative estimate of drug-likeness (QED) is 0.704. The van der Waals surface area contributed by atoms with E-state index in [4.69, 9.17) is 0 Å². The predicted octanol–water partition coefficient (Wildman–Crippen LogP) is 1.20. The first-order chi connectivity index (χ1) is 11.0. The number of aromatic nitrogens is 4. The summed E-state index contributed by atoms with van der Waals surface area (Å²) in [5, 5.41) is 14.2. The van der Waals surface area contributed by atoms with Crippen LogP contribution in [0.2, 0.25) is 0 Å². The van der Waals surface area contributed by atoms with Gasteiger partial charge in [-0.3, -0.25) is 14.5 Å². The summed E-state index contributed by atoms with van der Waals surface area (Å²) in [7, 11) is -3.68. The molecule has 0 atom stereocenters. The molecule has 3 rings (SSSR count). The molecule has 0 saturated carbocycles. The fraction of sp³-hybridized carbons (Fsp3) is 0.571. The first-order valence-electron chi connectivity index (χ1n) is 7.82. The molecule has 1 aliphatic rings. The van der Waals surface area contributed by atoms with Crippen LogP contribution in [0.25, 0.3) is 0 Å². The molecule has 0 radical (unpaired) electrons. The SMILES string of the molecule is CCCCn1cc(S(=O)(=O)Nc2[nH]ncc2C2CNC2)c(C)n1. The Morgan fingerprint density at radius 1 is 1.43 bits per heavy atom. The zero-order chi connectivity index (χ0) is 16.4. The number of nitrogens with one attached hydrogen (secondary N) is 3. The molecule has 8 nitrogen and oxygen atoms in total. The maximum Gasteiger partial charge on any atom is 0.266 e. The van der Waals surface area contributed by atoms with Crippen molar-refractivity contribution in [1.82, 2.24) is 25.3 Å². The number of hydrogen-bond acceptors (Lipinski definition) is 5. The molecule has 3 N–H and O–H groups in total. The van der Waals surface area contributed by atoms with E-state index in [0.29, 0.717) is 17.4 Å². The largest absolute Gasteiger partial charge is 0.315 e. The van der Waals surface area contributed by atoms with E-state index >= 15 is 0 Å². The Hall–Kier alpha value is -1.87. The van der Waals surface area contributed by atoms with Crippen LogP contribution in [-0.2, 0) is 16.6 Å². The van der Waals surface area contributed by atoms with E-state index in [1.54, 1.807) is 24.0 Å². The normalized spacial score (nSPS) is 15.6. The molecule has 1 fully saturated rings. The molecule has 2 aromatic rings. The Labute approximate surface area is 135 Å². The van der Waals surface area contributed by atoms with Crippen molar-refractivity contribution in [2.24, 2.45) is 0 Å². The first kappa shape index (κ1) is 16.0. The van der Waals surface area contributed by atoms with Gasteiger partial charge in [-0.2, -0.15) is 10.2 Å². The number of nitrogens with zero attached hydrogens (tertiary/aromatic N) is 3. The summed E-state index contributed by atoms with van der Waals surface area (Å²) < 4.78 is 29.6. The second-order valence-corrected chi connectivity index (χ2v) is 7.51. The molecule has 0 unspecified atom stereocenters. The summed E-state index contributed by atoms with van der Waals surface area (Å²) in [6.45, 7) is 6.19. The van der Waals surface area contributed by atoms with Crippen LogP contribution in [0.3, 0.4) is 0 Å². The van der Waals surface area contributed by atoms with Crippen molar-refractivity contribution in [3.8, 4) is 0 Å². The molecule has 3 heterocycles. The van der Waals surface area contributed by atoms with E-state index < -0.39 is 10.0 Å².